The number of esters is 1. The van der Waals surface area contributed by atoms with E-state index in [9.17, 15) is 9.59 Å². The van der Waals surface area contributed by atoms with Crippen molar-refractivity contribution in [2.45, 2.75) is 39.0 Å². The summed E-state index contributed by atoms with van der Waals surface area (Å²) < 4.78 is 4.94. The summed E-state index contributed by atoms with van der Waals surface area (Å²) in [7, 11) is 1.35. The quantitative estimate of drug-likeness (QED) is 0.659. The number of carbonyl (C=O) groups is 2. The van der Waals surface area contributed by atoms with Gasteiger partial charge in [0.2, 0.25) is 0 Å². The van der Waals surface area contributed by atoms with Crippen molar-refractivity contribution < 1.29 is 14.3 Å². The number of aryl methyl sites for hydroxylation is 2. The van der Waals surface area contributed by atoms with Crippen LogP contribution in [0.4, 0.5) is 5.00 Å². The number of hydrogen-bond donors (Lipinski definition) is 1. The van der Waals surface area contributed by atoms with Gasteiger partial charge in [0, 0.05) is 4.88 Å². The van der Waals surface area contributed by atoms with E-state index in [1.807, 2.05) is 6.07 Å². The van der Waals surface area contributed by atoms with E-state index in [1.54, 1.807) is 13.0 Å². The Morgan fingerprint density at radius 1 is 1.27 bits per heavy atom. The van der Waals surface area contributed by atoms with Gasteiger partial charge in [-0.05, 0) is 50.3 Å². The highest BCUT2D eigenvalue weighted by atomic mass is 32.1. The predicted molar refractivity (Wildman–Crippen MR) is 98.6 cm³/mol. The number of carbonyl (C=O) groups excluding carboxylic acids is 2. The van der Waals surface area contributed by atoms with Crippen LogP contribution < -0.4 is 5.32 Å². The van der Waals surface area contributed by atoms with Crippen molar-refractivity contribution in [3.63, 3.8) is 0 Å². The number of thiophene rings is 1. The first-order valence-corrected chi connectivity index (χ1v) is 9.28. The van der Waals surface area contributed by atoms with Gasteiger partial charge < -0.3 is 10.1 Å². The van der Waals surface area contributed by atoms with Crippen LogP contribution in [0.1, 0.15) is 61.8 Å². The minimum atomic E-state index is -0.427. The van der Waals surface area contributed by atoms with Gasteiger partial charge >= 0.3 is 5.97 Å². The highest BCUT2D eigenvalue weighted by Gasteiger charge is 2.26. The molecule has 134 valence electrons. The average Bonchev–Trinajstić information content (AvgIpc) is 2.81. The molecule has 1 aliphatic rings. The molecule has 6 nitrogen and oxygen atoms in total. The SMILES string of the molecule is COC(=O)c1c(NC(=O)c2ccc(C#N)c(C)n2)sc2c1CCCCC2. The molecule has 2 aromatic heterocycles. The Kier molecular flexibility index (Phi) is 5.33. The molecule has 26 heavy (non-hydrogen) atoms. The van der Waals surface area contributed by atoms with Gasteiger partial charge in [-0.15, -0.1) is 11.3 Å². The molecule has 0 spiro atoms. The van der Waals surface area contributed by atoms with Gasteiger partial charge in [-0.25, -0.2) is 9.78 Å². The number of aromatic nitrogens is 1. The maximum Gasteiger partial charge on any atom is 0.341 e. The standard InChI is InChI=1S/C19H19N3O3S/c1-11-12(10-20)8-9-14(21-11)17(23)22-18-16(19(24)25-2)13-6-4-3-5-7-15(13)26-18/h8-9H,3-7H2,1-2H3,(H,22,23). The van der Waals surface area contributed by atoms with Crippen LogP contribution in [0, 0.1) is 18.3 Å². The Bertz CT molecular complexity index is 911. The monoisotopic (exact) mass is 369 g/mol. The van der Waals surface area contributed by atoms with E-state index in [0.717, 1.165) is 42.5 Å². The van der Waals surface area contributed by atoms with Crippen molar-refractivity contribution in [2.75, 3.05) is 12.4 Å². The summed E-state index contributed by atoms with van der Waals surface area (Å²) in [6, 6.07) is 5.11. The molecule has 7 heteroatoms. The van der Waals surface area contributed by atoms with E-state index in [4.69, 9.17) is 10.00 Å². The molecule has 1 N–H and O–H groups in total. The number of methoxy groups -OCH3 is 1. The smallest absolute Gasteiger partial charge is 0.341 e. The Morgan fingerprint density at radius 2 is 2.04 bits per heavy atom. The Morgan fingerprint density at radius 3 is 2.73 bits per heavy atom. The van der Waals surface area contributed by atoms with Gasteiger partial charge in [0.1, 0.15) is 16.8 Å². The molecule has 0 radical (unpaired) electrons. The highest BCUT2D eigenvalue weighted by molar-refractivity contribution is 7.17. The van der Waals surface area contributed by atoms with Crippen LogP contribution >= 0.6 is 11.3 Å². The zero-order valence-corrected chi connectivity index (χ0v) is 15.5. The fourth-order valence-corrected chi connectivity index (χ4v) is 4.39. The van der Waals surface area contributed by atoms with Crippen LogP contribution in [0.5, 0.6) is 0 Å². The van der Waals surface area contributed by atoms with Crippen molar-refractivity contribution >= 4 is 28.2 Å². The third-order valence-electron chi connectivity index (χ3n) is 4.48. The number of nitriles is 1. The number of ether oxygens (including phenoxy) is 1. The summed E-state index contributed by atoms with van der Waals surface area (Å²) in [5, 5.41) is 12.3. The van der Waals surface area contributed by atoms with Crippen molar-refractivity contribution in [1.82, 2.24) is 4.98 Å². The number of rotatable bonds is 3. The molecule has 0 fully saturated rings. The molecular formula is C19H19N3O3S. The van der Waals surface area contributed by atoms with Gasteiger partial charge in [0.15, 0.2) is 0 Å². The Labute approximate surface area is 155 Å². The lowest BCUT2D eigenvalue weighted by molar-refractivity contribution is 0.0601. The number of hydrogen-bond acceptors (Lipinski definition) is 6. The third kappa shape index (κ3) is 3.46. The first-order chi connectivity index (χ1) is 12.5. The molecule has 1 amide bonds. The normalized spacial score (nSPS) is 13.3. The topological polar surface area (TPSA) is 92.1 Å². The maximum atomic E-state index is 12.6. The van der Waals surface area contributed by atoms with Gasteiger partial charge in [0.05, 0.1) is 23.9 Å². The molecule has 0 bridgehead atoms. The van der Waals surface area contributed by atoms with Crippen LogP contribution in [-0.2, 0) is 17.6 Å². The maximum absolute atomic E-state index is 12.6. The van der Waals surface area contributed by atoms with Crippen LogP contribution in [0.3, 0.4) is 0 Å². The van der Waals surface area contributed by atoms with E-state index < -0.39 is 11.9 Å². The summed E-state index contributed by atoms with van der Waals surface area (Å²) in [5.74, 6) is -0.831. The number of nitrogens with zero attached hydrogens (tertiary/aromatic N) is 2. The van der Waals surface area contributed by atoms with Crippen LogP contribution in [-0.4, -0.2) is 24.0 Å². The molecule has 0 aromatic carbocycles. The lowest BCUT2D eigenvalue weighted by Gasteiger charge is -2.08. The molecule has 0 saturated carbocycles. The summed E-state index contributed by atoms with van der Waals surface area (Å²) in [4.78, 5) is 30.3. The van der Waals surface area contributed by atoms with E-state index >= 15 is 0 Å². The lowest BCUT2D eigenvalue weighted by Crippen LogP contribution is -2.16. The molecular weight excluding hydrogens is 350 g/mol. The molecule has 3 rings (SSSR count). The summed E-state index contributed by atoms with van der Waals surface area (Å²) in [5.41, 5.74) is 2.60. The fraction of sp³-hybridized carbons (Fsp3) is 0.368. The molecule has 0 aliphatic heterocycles. The van der Waals surface area contributed by atoms with Gasteiger partial charge in [-0.3, -0.25) is 4.79 Å². The second-order valence-electron chi connectivity index (χ2n) is 6.16. The van der Waals surface area contributed by atoms with Gasteiger partial charge in [-0.2, -0.15) is 5.26 Å². The number of pyridine rings is 1. The van der Waals surface area contributed by atoms with Crippen molar-refractivity contribution in [2.24, 2.45) is 0 Å². The summed E-state index contributed by atoms with van der Waals surface area (Å²) >= 11 is 1.44. The summed E-state index contributed by atoms with van der Waals surface area (Å²) in [6.07, 6.45) is 4.97. The molecule has 0 atom stereocenters. The van der Waals surface area contributed by atoms with Crippen LogP contribution in [0.2, 0.25) is 0 Å². The lowest BCUT2D eigenvalue weighted by atomic mass is 10.1. The molecule has 0 saturated heterocycles. The molecule has 2 heterocycles. The minimum absolute atomic E-state index is 0.209. The Hall–Kier alpha value is -2.72. The highest BCUT2D eigenvalue weighted by Crippen LogP contribution is 2.38. The molecule has 0 unspecified atom stereocenters. The van der Waals surface area contributed by atoms with Crippen molar-refractivity contribution in [1.29, 1.82) is 5.26 Å². The number of amides is 1. The van der Waals surface area contributed by atoms with Gasteiger partial charge in [-0.1, -0.05) is 6.42 Å². The van der Waals surface area contributed by atoms with E-state index in [-0.39, 0.29) is 5.69 Å². The summed E-state index contributed by atoms with van der Waals surface area (Å²) in [6.45, 7) is 1.68. The van der Waals surface area contributed by atoms with Crippen LogP contribution in [0.15, 0.2) is 12.1 Å². The first kappa shape index (κ1) is 18.1. The van der Waals surface area contributed by atoms with E-state index in [1.165, 1.54) is 24.5 Å². The zero-order chi connectivity index (χ0) is 18.7. The molecule has 2 aromatic rings. The average molecular weight is 369 g/mol. The number of anilines is 1. The largest absolute Gasteiger partial charge is 0.465 e. The fourth-order valence-electron chi connectivity index (χ4n) is 3.12. The van der Waals surface area contributed by atoms with E-state index in [2.05, 4.69) is 10.3 Å². The minimum Gasteiger partial charge on any atom is -0.465 e. The second kappa shape index (κ2) is 7.67. The van der Waals surface area contributed by atoms with Gasteiger partial charge in [0.25, 0.3) is 5.91 Å². The van der Waals surface area contributed by atoms with Crippen molar-refractivity contribution in [3.05, 3.63) is 45.1 Å². The molecule has 1 aliphatic carbocycles. The third-order valence-corrected chi connectivity index (χ3v) is 5.68. The number of nitrogens with one attached hydrogen (secondary N) is 1. The van der Waals surface area contributed by atoms with E-state index in [0.29, 0.717) is 21.8 Å². The first-order valence-electron chi connectivity index (χ1n) is 8.47. The second-order valence-corrected chi connectivity index (χ2v) is 7.26. The number of fused-ring (bicyclic) bond motifs is 1. The Balaban J connectivity index is 1.94. The predicted octanol–water partition coefficient (Wildman–Crippen LogP) is 3.63. The van der Waals surface area contributed by atoms with Crippen molar-refractivity contribution in [3.8, 4) is 6.07 Å². The zero-order valence-electron chi connectivity index (χ0n) is 14.7. The van der Waals surface area contributed by atoms with Crippen LogP contribution in [0.25, 0.3) is 0 Å².